The molecule has 2 fully saturated rings. The van der Waals surface area contributed by atoms with Crippen LogP contribution in [0.2, 0.25) is 0 Å². The van der Waals surface area contributed by atoms with Gasteiger partial charge in [0.15, 0.2) is 5.79 Å². The molecule has 1 heterocycles. The van der Waals surface area contributed by atoms with Gasteiger partial charge in [0.2, 0.25) is 0 Å². The van der Waals surface area contributed by atoms with E-state index in [2.05, 4.69) is 12.1 Å². The first-order valence-corrected chi connectivity index (χ1v) is 7.79. The molecule has 2 aliphatic rings. The number of ether oxygens (including phenoxy) is 1. The number of aryl methyl sites for hydroxylation is 1. The van der Waals surface area contributed by atoms with Gasteiger partial charge in [-0.1, -0.05) is 36.8 Å². The summed E-state index contributed by atoms with van der Waals surface area (Å²) in [6.07, 6.45) is 5.60. The summed E-state index contributed by atoms with van der Waals surface area (Å²) < 4.78 is 5.97. The Labute approximate surface area is 120 Å². The monoisotopic (exact) mass is 276 g/mol. The van der Waals surface area contributed by atoms with Crippen molar-refractivity contribution in [3.8, 4) is 0 Å². The molecule has 0 bridgehead atoms. The van der Waals surface area contributed by atoms with Gasteiger partial charge in [-0.15, -0.1) is 0 Å². The molecule has 4 atom stereocenters. The number of benzene rings is 1. The summed E-state index contributed by atoms with van der Waals surface area (Å²) in [5.41, 5.74) is 1.28. The summed E-state index contributed by atoms with van der Waals surface area (Å²) in [7, 11) is 0. The predicted molar refractivity (Wildman–Crippen MR) is 77.2 cm³/mol. The molecule has 3 rings (SSSR count). The fraction of sp³-hybridized carbons (Fsp3) is 0.647. The normalized spacial score (nSPS) is 37.4. The van der Waals surface area contributed by atoms with E-state index in [0.717, 1.165) is 32.1 Å². The zero-order chi connectivity index (χ0) is 14.0. The number of aliphatic hydroxyl groups is 2. The van der Waals surface area contributed by atoms with E-state index in [1.54, 1.807) is 0 Å². The Bertz CT molecular complexity index is 433. The lowest BCUT2D eigenvalue weighted by Gasteiger charge is -2.48. The molecule has 0 amide bonds. The van der Waals surface area contributed by atoms with Gasteiger partial charge >= 0.3 is 0 Å². The first-order valence-electron chi connectivity index (χ1n) is 7.79. The Hall–Kier alpha value is -0.900. The molecular formula is C17H24O3. The average molecular weight is 276 g/mol. The van der Waals surface area contributed by atoms with E-state index in [-0.39, 0.29) is 12.0 Å². The molecule has 3 nitrogen and oxygen atoms in total. The van der Waals surface area contributed by atoms with Gasteiger partial charge in [0.05, 0.1) is 12.2 Å². The largest absolute Gasteiger partial charge is 0.393 e. The van der Waals surface area contributed by atoms with Crippen molar-refractivity contribution in [3.05, 3.63) is 35.9 Å². The highest BCUT2D eigenvalue weighted by atomic mass is 16.6. The van der Waals surface area contributed by atoms with E-state index < -0.39 is 11.9 Å². The van der Waals surface area contributed by atoms with Crippen molar-refractivity contribution in [2.75, 3.05) is 0 Å². The summed E-state index contributed by atoms with van der Waals surface area (Å²) in [4.78, 5) is 0. The third-order valence-corrected chi connectivity index (χ3v) is 4.82. The van der Waals surface area contributed by atoms with Crippen molar-refractivity contribution in [2.45, 2.75) is 62.9 Å². The summed E-state index contributed by atoms with van der Waals surface area (Å²) in [6.45, 7) is 0. The average Bonchev–Trinajstić information content (AvgIpc) is 2.45. The van der Waals surface area contributed by atoms with E-state index in [0.29, 0.717) is 12.8 Å². The minimum atomic E-state index is -1.09. The standard InChI is InChI=1S/C17H24O3/c18-16-12-14(10-9-13-6-2-1-3-7-13)20-17(19)11-5-4-8-15(16)17/h1-3,6-7,14-16,18-19H,4-5,8-12H2. The van der Waals surface area contributed by atoms with Crippen LogP contribution in [0.1, 0.15) is 44.1 Å². The molecule has 1 saturated heterocycles. The second kappa shape index (κ2) is 5.84. The predicted octanol–water partition coefficient (Wildman–Crippen LogP) is 2.65. The quantitative estimate of drug-likeness (QED) is 0.892. The van der Waals surface area contributed by atoms with E-state index in [1.807, 2.05) is 18.2 Å². The van der Waals surface area contributed by atoms with Crippen LogP contribution in [0.15, 0.2) is 30.3 Å². The molecule has 1 aromatic carbocycles. The maximum Gasteiger partial charge on any atom is 0.171 e. The number of aliphatic hydroxyl groups excluding tert-OH is 1. The molecule has 20 heavy (non-hydrogen) atoms. The molecule has 110 valence electrons. The Morgan fingerprint density at radius 3 is 2.80 bits per heavy atom. The first kappa shape index (κ1) is 14.1. The Kier molecular flexibility index (Phi) is 4.11. The van der Waals surface area contributed by atoms with E-state index in [9.17, 15) is 10.2 Å². The zero-order valence-corrected chi connectivity index (χ0v) is 11.9. The fourth-order valence-corrected chi connectivity index (χ4v) is 3.71. The van der Waals surface area contributed by atoms with E-state index in [1.165, 1.54) is 5.56 Å². The lowest BCUT2D eigenvalue weighted by atomic mass is 9.75. The van der Waals surface area contributed by atoms with Gasteiger partial charge in [0.1, 0.15) is 0 Å². The third kappa shape index (κ3) is 2.90. The van der Waals surface area contributed by atoms with Gasteiger partial charge in [-0.25, -0.2) is 0 Å². The Balaban J connectivity index is 1.61. The van der Waals surface area contributed by atoms with Crippen LogP contribution >= 0.6 is 0 Å². The molecule has 0 spiro atoms. The highest BCUT2D eigenvalue weighted by Crippen LogP contribution is 2.43. The van der Waals surface area contributed by atoms with Crippen LogP contribution in [0, 0.1) is 5.92 Å². The second-order valence-corrected chi connectivity index (χ2v) is 6.26. The van der Waals surface area contributed by atoms with Crippen LogP contribution in [-0.4, -0.2) is 28.2 Å². The summed E-state index contributed by atoms with van der Waals surface area (Å²) in [6, 6.07) is 10.3. The number of hydrogen-bond acceptors (Lipinski definition) is 3. The number of hydrogen-bond donors (Lipinski definition) is 2. The number of rotatable bonds is 3. The Morgan fingerprint density at radius 2 is 2.00 bits per heavy atom. The first-order chi connectivity index (χ1) is 9.67. The molecule has 0 aromatic heterocycles. The van der Waals surface area contributed by atoms with E-state index in [4.69, 9.17) is 4.74 Å². The van der Waals surface area contributed by atoms with Crippen LogP contribution in [-0.2, 0) is 11.2 Å². The lowest BCUT2D eigenvalue weighted by molar-refractivity contribution is -0.317. The van der Waals surface area contributed by atoms with Gasteiger partial charge in [-0.2, -0.15) is 0 Å². The van der Waals surface area contributed by atoms with Crippen molar-refractivity contribution in [2.24, 2.45) is 5.92 Å². The van der Waals surface area contributed by atoms with Crippen molar-refractivity contribution >= 4 is 0 Å². The van der Waals surface area contributed by atoms with Gasteiger partial charge in [0.25, 0.3) is 0 Å². The van der Waals surface area contributed by atoms with E-state index >= 15 is 0 Å². The fourth-order valence-electron chi connectivity index (χ4n) is 3.71. The van der Waals surface area contributed by atoms with Gasteiger partial charge in [-0.05, 0) is 31.2 Å². The second-order valence-electron chi connectivity index (χ2n) is 6.26. The zero-order valence-electron chi connectivity index (χ0n) is 11.9. The third-order valence-electron chi connectivity index (χ3n) is 4.82. The van der Waals surface area contributed by atoms with Gasteiger partial charge in [-0.3, -0.25) is 0 Å². The van der Waals surface area contributed by atoms with Crippen LogP contribution in [0.25, 0.3) is 0 Å². The van der Waals surface area contributed by atoms with Gasteiger partial charge < -0.3 is 14.9 Å². The van der Waals surface area contributed by atoms with Crippen molar-refractivity contribution < 1.29 is 14.9 Å². The van der Waals surface area contributed by atoms with Gasteiger partial charge in [0, 0.05) is 18.8 Å². The smallest absolute Gasteiger partial charge is 0.171 e. The highest BCUT2D eigenvalue weighted by molar-refractivity contribution is 5.14. The molecule has 1 aromatic rings. The van der Waals surface area contributed by atoms with Crippen molar-refractivity contribution in [1.29, 1.82) is 0 Å². The molecule has 1 saturated carbocycles. The number of fused-ring (bicyclic) bond motifs is 1. The maximum absolute atomic E-state index is 10.6. The highest BCUT2D eigenvalue weighted by Gasteiger charge is 2.49. The molecule has 1 aliphatic carbocycles. The molecule has 3 heteroatoms. The summed E-state index contributed by atoms with van der Waals surface area (Å²) in [5, 5.41) is 20.9. The van der Waals surface area contributed by atoms with Crippen LogP contribution < -0.4 is 0 Å². The Morgan fingerprint density at radius 1 is 1.20 bits per heavy atom. The molecular weight excluding hydrogens is 252 g/mol. The molecule has 1 aliphatic heterocycles. The minimum Gasteiger partial charge on any atom is -0.393 e. The lowest BCUT2D eigenvalue weighted by Crippen LogP contribution is -2.55. The van der Waals surface area contributed by atoms with Crippen molar-refractivity contribution in [3.63, 3.8) is 0 Å². The molecule has 0 radical (unpaired) electrons. The topological polar surface area (TPSA) is 49.7 Å². The SMILES string of the molecule is OC1CC(CCc2ccccc2)OC2(O)CCCCC12. The summed E-state index contributed by atoms with van der Waals surface area (Å²) in [5.74, 6) is -1.18. The molecule has 4 unspecified atom stereocenters. The minimum absolute atomic E-state index is 0.0374. The summed E-state index contributed by atoms with van der Waals surface area (Å²) >= 11 is 0. The van der Waals surface area contributed by atoms with Crippen LogP contribution in [0.3, 0.4) is 0 Å². The molecule has 2 N–H and O–H groups in total. The van der Waals surface area contributed by atoms with Crippen LogP contribution in [0.5, 0.6) is 0 Å². The maximum atomic E-state index is 10.6. The van der Waals surface area contributed by atoms with Crippen LogP contribution in [0.4, 0.5) is 0 Å². The van der Waals surface area contributed by atoms with Crippen molar-refractivity contribution in [1.82, 2.24) is 0 Å².